The lowest BCUT2D eigenvalue weighted by molar-refractivity contribution is 0.306. The van der Waals surface area contributed by atoms with Crippen LogP contribution < -0.4 is 18.9 Å². The molecule has 4 rings (SSSR count). The molecule has 0 unspecified atom stereocenters. The Labute approximate surface area is 182 Å². The van der Waals surface area contributed by atoms with Crippen LogP contribution in [0.5, 0.6) is 23.0 Å². The van der Waals surface area contributed by atoms with E-state index in [1.807, 2.05) is 67.6 Å². The van der Waals surface area contributed by atoms with Crippen LogP contribution in [-0.4, -0.2) is 26.3 Å². The normalized spacial score (nSPS) is 10.7. The fourth-order valence-corrected chi connectivity index (χ4v) is 3.84. The second-order valence-corrected chi connectivity index (χ2v) is 7.11. The molecular formula is C26H25NO4. The van der Waals surface area contributed by atoms with E-state index in [1.165, 1.54) is 0 Å². The zero-order chi connectivity index (χ0) is 21.8. The van der Waals surface area contributed by atoms with Crippen LogP contribution in [0.2, 0.25) is 0 Å². The number of fused-ring (bicyclic) bond motifs is 1. The van der Waals surface area contributed by atoms with Crippen molar-refractivity contribution in [2.24, 2.45) is 0 Å². The Kier molecular flexibility index (Phi) is 5.94. The van der Waals surface area contributed by atoms with Crippen LogP contribution >= 0.6 is 0 Å². The van der Waals surface area contributed by atoms with E-state index in [4.69, 9.17) is 18.9 Å². The van der Waals surface area contributed by atoms with Gasteiger partial charge in [0.25, 0.3) is 0 Å². The van der Waals surface area contributed by atoms with Crippen molar-refractivity contribution in [1.82, 2.24) is 4.98 Å². The quantitative estimate of drug-likeness (QED) is 0.381. The highest BCUT2D eigenvalue weighted by atomic mass is 16.5. The molecule has 0 amide bonds. The van der Waals surface area contributed by atoms with Crippen molar-refractivity contribution in [3.05, 3.63) is 78.0 Å². The average molecular weight is 415 g/mol. The first-order valence-corrected chi connectivity index (χ1v) is 10.0. The third-order valence-corrected chi connectivity index (χ3v) is 5.30. The molecule has 5 heteroatoms. The molecule has 4 aromatic rings. The SMILES string of the molecule is COc1c(C)c(OC)c2ccnc(-c3ccc(OCc4ccccc4)cc3)c2c1OC. The van der Waals surface area contributed by atoms with Gasteiger partial charge in [0.2, 0.25) is 0 Å². The van der Waals surface area contributed by atoms with Gasteiger partial charge in [-0.05, 0) is 42.8 Å². The summed E-state index contributed by atoms with van der Waals surface area (Å²) in [5.41, 5.74) is 3.75. The van der Waals surface area contributed by atoms with Crippen molar-refractivity contribution in [3.63, 3.8) is 0 Å². The van der Waals surface area contributed by atoms with Gasteiger partial charge in [-0.25, -0.2) is 0 Å². The van der Waals surface area contributed by atoms with Crippen LogP contribution in [0.1, 0.15) is 11.1 Å². The molecule has 0 radical (unpaired) electrons. The summed E-state index contributed by atoms with van der Waals surface area (Å²) in [6, 6.07) is 19.9. The molecule has 1 aromatic heterocycles. The fourth-order valence-electron chi connectivity index (χ4n) is 3.84. The van der Waals surface area contributed by atoms with Gasteiger partial charge in [-0.2, -0.15) is 0 Å². The molecule has 0 aliphatic heterocycles. The van der Waals surface area contributed by atoms with E-state index < -0.39 is 0 Å². The van der Waals surface area contributed by atoms with E-state index >= 15 is 0 Å². The summed E-state index contributed by atoms with van der Waals surface area (Å²) in [6.45, 7) is 2.48. The summed E-state index contributed by atoms with van der Waals surface area (Å²) < 4.78 is 23.0. The zero-order valence-corrected chi connectivity index (χ0v) is 18.1. The van der Waals surface area contributed by atoms with E-state index in [-0.39, 0.29) is 0 Å². The highest BCUT2D eigenvalue weighted by molar-refractivity contribution is 6.05. The maximum absolute atomic E-state index is 5.92. The summed E-state index contributed by atoms with van der Waals surface area (Å²) in [6.07, 6.45) is 1.78. The molecule has 0 saturated heterocycles. The Morgan fingerprint density at radius 2 is 1.42 bits per heavy atom. The Morgan fingerprint density at radius 3 is 2.06 bits per heavy atom. The van der Waals surface area contributed by atoms with E-state index in [9.17, 15) is 0 Å². The lowest BCUT2D eigenvalue weighted by Gasteiger charge is -2.19. The van der Waals surface area contributed by atoms with Gasteiger partial charge in [-0.3, -0.25) is 4.98 Å². The van der Waals surface area contributed by atoms with Gasteiger partial charge in [-0.15, -0.1) is 0 Å². The molecule has 0 spiro atoms. The number of aromatic nitrogens is 1. The minimum Gasteiger partial charge on any atom is -0.496 e. The van der Waals surface area contributed by atoms with Gasteiger partial charge in [0.05, 0.1) is 32.4 Å². The molecule has 0 saturated carbocycles. The third kappa shape index (κ3) is 3.87. The van der Waals surface area contributed by atoms with Gasteiger partial charge < -0.3 is 18.9 Å². The van der Waals surface area contributed by atoms with Gasteiger partial charge >= 0.3 is 0 Å². The molecule has 0 N–H and O–H groups in total. The number of hydrogen-bond acceptors (Lipinski definition) is 5. The lowest BCUT2D eigenvalue weighted by atomic mass is 9.99. The van der Waals surface area contributed by atoms with Crippen LogP contribution in [0.4, 0.5) is 0 Å². The molecule has 1 heterocycles. The van der Waals surface area contributed by atoms with Crippen molar-refractivity contribution in [1.29, 1.82) is 0 Å². The van der Waals surface area contributed by atoms with Gasteiger partial charge in [0, 0.05) is 22.7 Å². The largest absolute Gasteiger partial charge is 0.496 e. The zero-order valence-electron chi connectivity index (χ0n) is 18.1. The monoisotopic (exact) mass is 415 g/mol. The van der Waals surface area contributed by atoms with Crippen molar-refractivity contribution in [3.8, 4) is 34.3 Å². The van der Waals surface area contributed by atoms with Crippen LogP contribution in [0, 0.1) is 6.92 Å². The lowest BCUT2D eigenvalue weighted by Crippen LogP contribution is -2.00. The predicted octanol–water partition coefficient (Wildman–Crippen LogP) is 5.82. The van der Waals surface area contributed by atoms with Crippen molar-refractivity contribution < 1.29 is 18.9 Å². The molecule has 0 bridgehead atoms. The molecule has 0 atom stereocenters. The van der Waals surface area contributed by atoms with Crippen molar-refractivity contribution >= 4 is 10.8 Å². The van der Waals surface area contributed by atoms with Gasteiger partial charge in [0.1, 0.15) is 18.1 Å². The van der Waals surface area contributed by atoms with Gasteiger partial charge in [-0.1, -0.05) is 30.3 Å². The topological polar surface area (TPSA) is 49.8 Å². The van der Waals surface area contributed by atoms with E-state index in [0.717, 1.165) is 44.7 Å². The maximum Gasteiger partial charge on any atom is 0.171 e. The average Bonchev–Trinajstić information content (AvgIpc) is 2.82. The minimum absolute atomic E-state index is 0.522. The number of methoxy groups -OCH3 is 3. The molecule has 31 heavy (non-hydrogen) atoms. The van der Waals surface area contributed by atoms with E-state index in [2.05, 4.69) is 4.98 Å². The first kappa shape index (κ1) is 20.5. The third-order valence-electron chi connectivity index (χ3n) is 5.30. The molecule has 0 aliphatic carbocycles. The van der Waals surface area contributed by atoms with E-state index in [1.54, 1.807) is 27.5 Å². The molecular weight excluding hydrogens is 390 g/mol. The number of nitrogens with zero attached hydrogens (tertiary/aromatic N) is 1. The van der Waals surface area contributed by atoms with E-state index in [0.29, 0.717) is 18.1 Å². The van der Waals surface area contributed by atoms with Crippen LogP contribution in [0.3, 0.4) is 0 Å². The first-order valence-electron chi connectivity index (χ1n) is 10.0. The number of hydrogen-bond donors (Lipinski definition) is 0. The van der Waals surface area contributed by atoms with Crippen molar-refractivity contribution in [2.75, 3.05) is 21.3 Å². The predicted molar refractivity (Wildman–Crippen MR) is 122 cm³/mol. The van der Waals surface area contributed by atoms with Crippen LogP contribution in [0.25, 0.3) is 22.0 Å². The second kappa shape index (κ2) is 8.96. The Balaban J connectivity index is 1.75. The highest BCUT2D eigenvalue weighted by Crippen LogP contribution is 2.47. The minimum atomic E-state index is 0.522. The second-order valence-electron chi connectivity index (χ2n) is 7.11. The van der Waals surface area contributed by atoms with Crippen LogP contribution in [-0.2, 0) is 6.61 Å². The van der Waals surface area contributed by atoms with Gasteiger partial charge in [0.15, 0.2) is 11.5 Å². The number of ether oxygens (including phenoxy) is 4. The Hall–Kier alpha value is -3.73. The number of benzene rings is 3. The molecule has 158 valence electrons. The molecule has 0 fully saturated rings. The number of rotatable bonds is 7. The fraction of sp³-hybridized carbons (Fsp3) is 0.192. The van der Waals surface area contributed by atoms with Crippen molar-refractivity contribution in [2.45, 2.75) is 13.5 Å². The summed E-state index contributed by atoms with van der Waals surface area (Å²) in [5.74, 6) is 2.83. The molecule has 3 aromatic carbocycles. The Morgan fingerprint density at radius 1 is 0.742 bits per heavy atom. The van der Waals surface area contributed by atoms with Crippen LogP contribution in [0.15, 0.2) is 66.9 Å². The number of pyridine rings is 1. The summed E-state index contributed by atoms with van der Waals surface area (Å²) in [7, 11) is 4.93. The standard InChI is InChI=1S/C26H25NO4/c1-17-24(28-2)21-14-15-27-23(22(21)26(30-4)25(17)29-3)19-10-12-20(13-11-19)31-16-18-8-6-5-7-9-18/h5-15H,16H2,1-4H3. The summed E-state index contributed by atoms with van der Waals surface area (Å²) in [4.78, 5) is 4.66. The maximum atomic E-state index is 5.92. The Bertz CT molecular complexity index is 1190. The summed E-state index contributed by atoms with van der Waals surface area (Å²) in [5, 5.41) is 1.77. The summed E-state index contributed by atoms with van der Waals surface area (Å²) >= 11 is 0. The highest BCUT2D eigenvalue weighted by Gasteiger charge is 2.22. The molecule has 0 aliphatic rings. The first-order chi connectivity index (χ1) is 15.2. The molecule has 5 nitrogen and oxygen atoms in total. The smallest absolute Gasteiger partial charge is 0.171 e.